The first-order valence-electron chi connectivity index (χ1n) is 7.44. The maximum atomic E-state index is 12.5. The van der Waals surface area contributed by atoms with E-state index in [1.165, 1.54) is 17.3 Å². The third-order valence-electron chi connectivity index (χ3n) is 3.60. The summed E-state index contributed by atoms with van der Waals surface area (Å²) in [5.41, 5.74) is 3.20. The highest BCUT2D eigenvalue weighted by atomic mass is 32.2. The molecule has 4 nitrogen and oxygen atoms in total. The van der Waals surface area contributed by atoms with E-state index in [9.17, 15) is 4.79 Å². The Kier molecular flexibility index (Phi) is 5.29. The van der Waals surface area contributed by atoms with Gasteiger partial charge in [-0.1, -0.05) is 43.8 Å². The SMILES string of the molecule is Cc1cccc(C(C)C)c1NC(=O)[C@H](C)Sc1nccn1C. The van der Waals surface area contributed by atoms with E-state index < -0.39 is 0 Å². The number of nitrogens with zero attached hydrogens (tertiary/aromatic N) is 2. The van der Waals surface area contributed by atoms with Crippen molar-refractivity contribution in [3.05, 3.63) is 41.7 Å². The normalized spacial score (nSPS) is 12.5. The summed E-state index contributed by atoms with van der Waals surface area (Å²) in [7, 11) is 1.93. The number of carbonyl (C=O) groups is 1. The van der Waals surface area contributed by atoms with Gasteiger partial charge in [-0.05, 0) is 30.9 Å². The Morgan fingerprint density at radius 1 is 1.32 bits per heavy atom. The molecule has 0 saturated heterocycles. The van der Waals surface area contributed by atoms with Crippen LogP contribution in [-0.2, 0) is 11.8 Å². The fourth-order valence-corrected chi connectivity index (χ4v) is 3.08. The van der Waals surface area contributed by atoms with Gasteiger partial charge < -0.3 is 9.88 Å². The maximum absolute atomic E-state index is 12.5. The zero-order chi connectivity index (χ0) is 16.3. The number of rotatable bonds is 5. The van der Waals surface area contributed by atoms with Crippen LogP contribution in [0.3, 0.4) is 0 Å². The molecule has 5 heteroatoms. The molecule has 22 heavy (non-hydrogen) atoms. The van der Waals surface area contributed by atoms with Crippen molar-refractivity contribution in [2.75, 3.05) is 5.32 Å². The van der Waals surface area contributed by atoms with Gasteiger partial charge in [0, 0.05) is 25.1 Å². The third-order valence-corrected chi connectivity index (χ3v) is 4.78. The van der Waals surface area contributed by atoms with Crippen molar-refractivity contribution < 1.29 is 4.79 Å². The molecule has 1 aromatic heterocycles. The van der Waals surface area contributed by atoms with E-state index in [2.05, 4.69) is 30.2 Å². The van der Waals surface area contributed by atoms with Crippen molar-refractivity contribution in [3.63, 3.8) is 0 Å². The Labute approximate surface area is 136 Å². The molecule has 1 atom stereocenters. The van der Waals surface area contributed by atoms with Crippen LogP contribution in [0.1, 0.15) is 37.8 Å². The molecule has 0 aliphatic heterocycles. The molecule has 0 aliphatic rings. The highest BCUT2D eigenvalue weighted by Gasteiger charge is 2.19. The first-order valence-corrected chi connectivity index (χ1v) is 8.32. The predicted octanol–water partition coefficient (Wildman–Crippen LogP) is 3.97. The van der Waals surface area contributed by atoms with Gasteiger partial charge in [-0.15, -0.1) is 0 Å². The van der Waals surface area contributed by atoms with Crippen LogP contribution in [0.15, 0.2) is 35.7 Å². The molecule has 118 valence electrons. The predicted molar refractivity (Wildman–Crippen MR) is 92.4 cm³/mol. The number of para-hydroxylation sites is 1. The van der Waals surface area contributed by atoms with Crippen molar-refractivity contribution >= 4 is 23.4 Å². The van der Waals surface area contributed by atoms with Gasteiger partial charge in [0.1, 0.15) is 0 Å². The smallest absolute Gasteiger partial charge is 0.237 e. The molecule has 1 amide bonds. The number of hydrogen-bond acceptors (Lipinski definition) is 3. The number of hydrogen-bond donors (Lipinski definition) is 1. The number of aryl methyl sites for hydroxylation is 2. The molecule has 0 aliphatic carbocycles. The Balaban J connectivity index is 2.13. The molecule has 1 N–H and O–H groups in total. The summed E-state index contributed by atoms with van der Waals surface area (Å²) in [6, 6.07) is 6.13. The zero-order valence-electron chi connectivity index (χ0n) is 13.8. The van der Waals surface area contributed by atoms with Crippen molar-refractivity contribution in [1.82, 2.24) is 9.55 Å². The lowest BCUT2D eigenvalue weighted by atomic mass is 9.98. The van der Waals surface area contributed by atoms with E-state index in [4.69, 9.17) is 0 Å². The first kappa shape index (κ1) is 16.6. The number of imidazole rings is 1. The fraction of sp³-hybridized carbons (Fsp3) is 0.412. The Morgan fingerprint density at radius 3 is 2.64 bits per heavy atom. The molecule has 1 heterocycles. The van der Waals surface area contributed by atoms with Crippen LogP contribution in [0.2, 0.25) is 0 Å². The first-order chi connectivity index (χ1) is 10.4. The van der Waals surface area contributed by atoms with E-state index in [1.54, 1.807) is 6.20 Å². The fourth-order valence-electron chi connectivity index (χ4n) is 2.24. The molecule has 0 radical (unpaired) electrons. The monoisotopic (exact) mass is 317 g/mol. The van der Waals surface area contributed by atoms with Crippen molar-refractivity contribution in [2.24, 2.45) is 7.05 Å². The van der Waals surface area contributed by atoms with Gasteiger partial charge in [-0.25, -0.2) is 4.98 Å². The molecule has 0 spiro atoms. The molecule has 1 aromatic carbocycles. The molecular formula is C17H23N3OS. The molecule has 2 rings (SSSR count). The number of nitrogens with one attached hydrogen (secondary N) is 1. The second-order valence-corrected chi connectivity index (χ2v) is 7.07. The molecule has 0 unspecified atom stereocenters. The molecule has 0 bridgehead atoms. The van der Waals surface area contributed by atoms with Gasteiger partial charge in [0.25, 0.3) is 0 Å². The zero-order valence-corrected chi connectivity index (χ0v) is 14.6. The lowest BCUT2D eigenvalue weighted by Crippen LogP contribution is -2.24. The van der Waals surface area contributed by atoms with Gasteiger partial charge in [-0.3, -0.25) is 4.79 Å². The van der Waals surface area contributed by atoms with Crippen molar-refractivity contribution in [2.45, 2.75) is 44.0 Å². The van der Waals surface area contributed by atoms with E-state index >= 15 is 0 Å². The van der Waals surface area contributed by atoms with Crippen LogP contribution >= 0.6 is 11.8 Å². The van der Waals surface area contributed by atoms with Gasteiger partial charge >= 0.3 is 0 Å². The van der Waals surface area contributed by atoms with Crippen LogP contribution in [0.25, 0.3) is 0 Å². The maximum Gasteiger partial charge on any atom is 0.237 e. The van der Waals surface area contributed by atoms with E-state index in [0.717, 1.165) is 16.4 Å². The minimum Gasteiger partial charge on any atom is -0.329 e. The van der Waals surface area contributed by atoms with Crippen LogP contribution in [0.4, 0.5) is 5.69 Å². The van der Waals surface area contributed by atoms with E-state index in [0.29, 0.717) is 5.92 Å². The Hall–Kier alpha value is -1.75. The second kappa shape index (κ2) is 7.01. The van der Waals surface area contributed by atoms with Gasteiger partial charge in [0.05, 0.1) is 5.25 Å². The standard InChI is InChI=1S/C17H23N3OS/c1-11(2)14-8-6-7-12(3)15(14)19-16(21)13(4)22-17-18-9-10-20(17)5/h6-11,13H,1-5H3,(H,19,21)/t13-/m0/s1. The number of amides is 1. The number of aromatic nitrogens is 2. The van der Waals surface area contributed by atoms with Crippen LogP contribution in [0, 0.1) is 6.92 Å². The topological polar surface area (TPSA) is 46.9 Å². The van der Waals surface area contributed by atoms with Crippen molar-refractivity contribution in [1.29, 1.82) is 0 Å². The summed E-state index contributed by atoms with van der Waals surface area (Å²) in [6.45, 7) is 8.20. The number of benzene rings is 1. The lowest BCUT2D eigenvalue weighted by molar-refractivity contribution is -0.115. The highest BCUT2D eigenvalue weighted by Crippen LogP contribution is 2.29. The van der Waals surface area contributed by atoms with Gasteiger partial charge in [-0.2, -0.15) is 0 Å². The van der Waals surface area contributed by atoms with Crippen LogP contribution in [-0.4, -0.2) is 20.7 Å². The molecule has 0 fully saturated rings. The summed E-state index contributed by atoms with van der Waals surface area (Å²) < 4.78 is 1.92. The van der Waals surface area contributed by atoms with E-state index in [1.807, 2.05) is 43.8 Å². The summed E-state index contributed by atoms with van der Waals surface area (Å²) in [4.78, 5) is 16.8. The number of carbonyl (C=O) groups excluding carboxylic acids is 1. The molecule has 0 saturated carbocycles. The van der Waals surface area contributed by atoms with Crippen molar-refractivity contribution in [3.8, 4) is 0 Å². The minimum atomic E-state index is -0.208. The largest absolute Gasteiger partial charge is 0.329 e. The quantitative estimate of drug-likeness (QED) is 0.849. The summed E-state index contributed by atoms with van der Waals surface area (Å²) >= 11 is 1.46. The van der Waals surface area contributed by atoms with Crippen LogP contribution in [0.5, 0.6) is 0 Å². The Bertz CT molecular complexity index is 664. The average molecular weight is 317 g/mol. The minimum absolute atomic E-state index is 0.00389. The Morgan fingerprint density at radius 2 is 2.05 bits per heavy atom. The second-order valence-electron chi connectivity index (χ2n) is 5.76. The summed E-state index contributed by atoms with van der Waals surface area (Å²) in [5, 5.41) is 3.73. The molecule has 2 aromatic rings. The molecular weight excluding hydrogens is 294 g/mol. The number of thioether (sulfide) groups is 1. The summed E-state index contributed by atoms with van der Waals surface area (Å²) in [6.07, 6.45) is 3.62. The highest BCUT2D eigenvalue weighted by molar-refractivity contribution is 8.00. The summed E-state index contributed by atoms with van der Waals surface area (Å²) in [5.74, 6) is 0.372. The van der Waals surface area contributed by atoms with Crippen LogP contribution < -0.4 is 5.32 Å². The number of anilines is 1. The van der Waals surface area contributed by atoms with E-state index in [-0.39, 0.29) is 11.2 Å². The third kappa shape index (κ3) is 3.71. The lowest BCUT2D eigenvalue weighted by Gasteiger charge is -2.18. The van der Waals surface area contributed by atoms with Gasteiger partial charge in [0.2, 0.25) is 5.91 Å². The van der Waals surface area contributed by atoms with Gasteiger partial charge in [0.15, 0.2) is 5.16 Å². The average Bonchev–Trinajstić information content (AvgIpc) is 2.86.